The van der Waals surface area contributed by atoms with Crippen LogP contribution in [0.15, 0.2) is 0 Å². The normalized spacial score (nSPS) is 13.8. The lowest BCUT2D eigenvalue weighted by molar-refractivity contribution is -0.140. The highest BCUT2D eigenvalue weighted by Crippen LogP contribution is 1.92. The van der Waals surface area contributed by atoms with Crippen molar-refractivity contribution in [3.63, 3.8) is 0 Å². The Morgan fingerprint density at radius 1 is 1.28 bits per heavy atom. The molecule has 0 aromatic rings. The molecule has 2 atom stereocenters. The predicted molar refractivity (Wildman–Crippen MR) is 64.9 cm³/mol. The number of urea groups is 1. The highest BCUT2D eigenvalue weighted by atomic mass is 16.4. The van der Waals surface area contributed by atoms with Gasteiger partial charge < -0.3 is 26.4 Å². The molecule has 0 aromatic heterocycles. The van der Waals surface area contributed by atoms with Gasteiger partial charge in [0.1, 0.15) is 6.04 Å². The number of nitrogens with zero attached hydrogens (tertiary/aromatic N) is 1. The number of hydrogen-bond donors (Lipinski definition) is 4. The summed E-state index contributed by atoms with van der Waals surface area (Å²) in [5.41, 5.74) is 4.89. The van der Waals surface area contributed by atoms with Crippen LogP contribution in [0.1, 0.15) is 13.3 Å². The lowest BCUT2D eigenvalue weighted by atomic mass is 10.2. The van der Waals surface area contributed by atoms with Crippen LogP contribution in [-0.2, 0) is 9.59 Å². The molecule has 0 rings (SSSR count). The molecule has 0 saturated carbocycles. The molecular weight excluding hydrogens is 240 g/mol. The van der Waals surface area contributed by atoms with Gasteiger partial charge in [-0.15, -0.1) is 0 Å². The second kappa shape index (κ2) is 7.49. The number of amides is 3. The van der Waals surface area contributed by atoms with Gasteiger partial charge >= 0.3 is 12.0 Å². The summed E-state index contributed by atoms with van der Waals surface area (Å²) in [5.74, 6) is -2.09. The number of nitrogens with two attached hydrogens (primary N) is 1. The highest BCUT2D eigenvalue weighted by molar-refractivity contribution is 5.87. The molecule has 8 heteroatoms. The lowest BCUT2D eigenvalue weighted by Gasteiger charge is -2.20. The van der Waals surface area contributed by atoms with E-state index in [2.05, 4.69) is 10.6 Å². The Bertz CT molecular complexity index is 319. The Morgan fingerprint density at radius 3 is 2.22 bits per heavy atom. The smallest absolute Gasteiger partial charge is 0.326 e. The van der Waals surface area contributed by atoms with E-state index in [0.29, 0.717) is 6.54 Å². The first-order chi connectivity index (χ1) is 8.22. The van der Waals surface area contributed by atoms with E-state index in [1.807, 2.05) is 19.0 Å². The van der Waals surface area contributed by atoms with Gasteiger partial charge in [-0.2, -0.15) is 0 Å². The number of carbonyl (C=O) groups excluding carboxylic acids is 2. The van der Waals surface area contributed by atoms with Crippen LogP contribution in [0.3, 0.4) is 0 Å². The number of likely N-dealkylation sites (N-methyl/N-ethyl adjacent to an activating group) is 1. The maximum Gasteiger partial charge on any atom is 0.326 e. The van der Waals surface area contributed by atoms with Crippen LogP contribution in [0.2, 0.25) is 0 Å². The lowest BCUT2D eigenvalue weighted by Crippen LogP contribution is -2.51. The van der Waals surface area contributed by atoms with E-state index in [1.54, 1.807) is 6.92 Å². The Hall–Kier alpha value is -1.83. The molecule has 0 aromatic carbocycles. The third kappa shape index (κ3) is 7.44. The van der Waals surface area contributed by atoms with Crippen LogP contribution in [-0.4, -0.2) is 60.6 Å². The second-order valence-electron chi connectivity index (χ2n) is 4.34. The summed E-state index contributed by atoms with van der Waals surface area (Å²) in [7, 11) is 3.70. The second-order valence-corrected chi connectivity index (χ2v) is 4.34. The van der Waals surface area contributed by atoms with Crippen molar-refractivity contribution < 1.29 is 19.5 Å². The standard InChI is InChI=1S/C10H20N4O4/c1-6(5-14(2)3)12-10(18)13-7(9(16)17)4-8(11)15/h6-7H,4-5H2,1-3H3,(H2,11,15)(H,16,17)(H2,12,13,18)/t6?,7-/m0/s1. The average Bonchev–Trinajstić information content (AvgIpc) is 2.13. The number of carboxylic acid groups (broad SMARTS) is 1. The number of carboxylic acids is 1. The van der Waals surface area contributed by atoms with Gasteiger partial charge in [0.2, 0.25) is 5.91 Å². The first-order valence-corrected chi connectivity index (χ1v) is 5.45. The molecule has 8 nitrogen and oxygen atoms in total. The van der Waals surface area contributed by atoms with E-state index in [0.717, 1.165) is 0 Å². The molecule has 5 N–H and O–H groups in total. The molecular formula is C10H20N4O4. The summed E-state index contributed by atoms with van der Waals surface area (Å²) >= 11 is 0. The number of primary amides is 1. The van der Waals surface area contributed by atoms with Crippen molar-refractivity contribution in [3.05, 3.63) is 0 Å². The largest absolute Gasteiger partial charge is 0.480 e. The van der Waals surface area contributed by atoms with Gasteiger partial charge in [-0.1, -0.05) is 0 Å². The molecule has 0 aliphatic heterocycles. The molecule has 0 bridgehead atoms. The molecule has 0 aliphatic carbocycles. The third-order valence-corrected chi connectivity index (χ3v) is 2.03. The van der Waals surface area contributed by atoms with Crippen molar-refractivity contribution in [2.24, 2.45) is 5.73 Å². The van der Waals surface area contributed by atoms with Crippen molar-refractivity contribution in [2.75, 3.05) is 20.6 Å². The van der Waals surface area contributed by atoms with Crippen molar-refractivity contribution >= 4 is 17.9 Å². The van der Waals surface area contributed by atoms with Gasteiger partial charge in [0.05, 0.1) is 6.42 Å². The van der Waals surface area contributed by atoms with E-state index in [-0.39, 0.29) is 6.04 Å². The first-order valence-electron chi connectivity index (χ1n) is 5.45. The molecule has 3 amide bonds. The molecule has 18 heavy (non-hydrogen) atoms. The van der Waals surface area contributed by atoms with E-state index in [1.165, 1.54) is 0 Å². The van der Waals surface area contributed by atoms with E-state index in [4.69, 9.17) is 10.8 Å². The molecule has 0 saturated heterocycles. The number of rotatable bonds is 7. The van der Waals surface area contributed by atoms with Crippen molar-refractivity contribution in [3.8, 4) is 0 Å². The van der Waals surface area contributed by atoms with Crippen LogP contribution in [0.5, 0.6) is 0 Å². The fourth-order valence-corrected chi connectivity index (χ4v) is 1.42. The molecule has 1 unspecified atom stereocenters. The van der Waals surface area contributed by atoms with Gasteiger partial charge in [-0.05, 0) is 21.0 Å². The Labute approximate surface area is 106 Å². The average molecular weight is 260 g/mol. The summed E-state index contributed by atoms with van der Waals surface area (Å²) in [6.45, 7) is 2.39. The zero-order chi connectivity index (χ0) is 14.3. The third-order valence-electron chi connectivity index (χ3n) is 2.03. The predicted octanol–water partition coefficient (Wildman–Crippen LogP) is -1.44. The zero-order valence-electron chi connectivity index (χ0n) is 10.8. The SMILES string of the molecule is CC(CN(C)C)NC(=O)N[C@@H](CC(N)=O)C(=O)O. The molecule has 0 fully saturated rings. The summed E-state index contributed by atoms with van der Waals surface area (Å²) in [5, 5.41) is 13.5. The number of aliphatic carboxylic acids is 1. The minimum atomic E-state index is -1.31. The van der Waals surface area contributed by atoms with Crippen molar-refractivity contribution in [1.29, 1.82) is 0 Å². The van der Waals surface area contributed by atoms with Crippen LogP contribution < -0.4 is 16.4 Å². The molecule has 0 spiro atoms. The topological polar surface area (TPSA) is 125 Å². The highest BCUT2D eigenvalue weighted by Gasteiger charge is 2.22. The van der Waals surface area contributed by atoms with Gasteiger partial charge in [-0.3, -0.25) is 4.79 Å². The van der Waals surface area contributed by atoms with Gasteiger partial charge in [0.15, 0.2) is 0 Å². The fraction of sp³-hybridized carbons (Fsp3) is 0.700. The van der Waals surface area contributed by atoms with E-state index < -0.39 is 30.4 Å². The summed E-state index contributed by atoms with van der Waals surface area (Å²) < 4.78 is 0. The number of nitrogens with one attached hydrogen (secondary N) is 2. The van der Waals surface area contributed by atoms with Gasteiger partial charge in [0, 0.05) is 12.6 Å². The van der Waals surface area contributed by atoms with E-state index in [9.17, 15) is 14.4 Å². The molecule has 104 valence electrons. The number of carbonyl (C=O) groups is 3. The molecule has 0 heterocycles. The Morgan fingerprint density at radius 2 is 1.83 bits per heavy atom. The van der Waals surface area contributed by atoms with Gasteiger partial charge in [0.25, 0.3) is 0 Å². The zero-order valence-corrected chi connectivity index (χ0v) is 10.8. The van der Waals surface area contributed by atoms with Crippen LogP contribution in [0.4, 0.5) is 4.79 Å². The summed E-state index contributed by atoms with van der Waals surface area (Å²) in [6, 6.07) is -2.10. The van der Waals surface area contributed by atoms with Crippen molar-refractivity contribution in [1.82, 2.24) is 15.5 Å². The van der Waals surface area contributed by atoms with Crippen molar-refractivity contribution in [2.45, 2.75) is 25.4 Å². The van der Waals surface area contributed by atoms with Crippen LogP contribution in [0.25, 0.3) is 0 Å². The minimum Gasteiger partial charge on any atom is -0.480 e. The Balaban J connectivity index is 4.25. The maximum absolute atomic E-state index is 11.5. The monoisotopic (exact) mass is 260 g/mol. The van der Waals surface area contributed by atoms with Crippen LogP contribution >= 0.6 is 0 Å². The van der Waals surface area contributed by atoms with Gasteiger partial charge in [-0.25, -0.2) is 9.59 Å². The van der Waals surface area contributed by atoms with Crippen LogP contribution in [0, 0.1) is 0 Å². The maximum atomic E-state index is 11.5. The number of hydrogen-bond acceptors (Lipinski definition) is 4. The minimum absolute atomic E-state index is 0.150. The molecule has 0 radical (unpaired) electrons. The summed E-state index contributed by atoms with van der Waals surface area (Å²) in [4.78, 5) is 34.8. The fourth-order valence-electron chi connectivity index (χ4n) is 1.42. The van der Waals surface area contributed by atoms with E-state index >= 15 is 0 Å². The summed E-state index contributed by atoms with van der Waals surface area (Å²) in [6.07, 6.45) is -0.440. The molecule has 0 aliphatic rings. The quantitative estimate of drug-likeness (QED) is 0.446. The Kier molecular flexibility index (Phi) is 6.73. The first kappa shape index (κ1) is 16.2.